The van der Waals surface area contributed by atoms with Crippen LogP contribution in [0.5, 0.6) is 0 Å². The van der Waals surface area contributed by atoms with Gasteiger partial charge in [-0.2, -0.15) is 0 Å². The molecule has 0 spiro atoms. The SMILES string of the molecule is Cc1cnc(CN2CCC(N)C2=O)cn1. The van der Waals surface area contributed by atoms with Crippen LogP contribution in [0.3, 0.4) is 0 Å². The molecule has 80 valence electrons. The zero-order chi connectivity index (χ0) is 10.8. The summed E-state index contributed by atoms with van der Waals surface area (Å²) < 4.78 is 0. The van der Waals surface area contributed by atoms with Crippen LogP contribution < -0.4 is 5.73 Å². The summed E-state index contributed by atoms with van der Waals surface area (Å²) in [5.74, 6) is 0.0115. The molecule has 0 aliphatic carbocycles. The molecule has 0 saturated carbocycles. The van der Waals surface area contributed by atoms with E-state index < -0.39 is 0 Å². The Morgan fingerprint density at radius 1 is 1.53 bits per heavy atom. The van der Waals surface area contributed by atoms with Gasteiger partial charge in [0.1, 0.15) is 0 Å². The third-order valence-electron chi connectivity index (χ3n) is 2.53. The number of carbonyl (C=O) groups is 1. The first-order valence-corrected chi connectivity index (χ1v) is 4.98. The van der Waals surface area contributed by atoms with Gasteiger partial charge < -0.3 is 10.6 Å². The number of aromatic nitrogens is 2. The van der Waals surface area contributed by atoms with Gasteiger partial charge in [-0.3, -0.25) is 14.8 Å². The van der Waals surface area contributed by atoms with E-state index in [9.17, 15) is 4.79 Å². The molecule has 2 rings (SSSR count). The van der Waals surface area contributed by atoms with Crippen molar-refractivity contribution in [3.05, 3.63) is 23.8 Å². The third-order valence-corrected chi connectivity index (χ3v) is 2.53. The Labute approximate surface area is 88.3 Å². The number of aryl methyl sites for hydroxylation is 1. The maximum Gasteiger partial charge on any atom is 0.239 e. The molecule has 1 aliphatic rings. The molecule has 2 N–H and O–H groups in total. The molecule has 1 fully saturated rings. The lowest BCUT2D eigenvalue weighted by Gasteiger charge is -2.14. The largest absolute Gasteiger partial charge is 0.335 e. The maximum absolute atomic E-state index is 11.5. The minimum Gasteiger partial charge on any atom is -0.335 e. The Balaban J connectivity index is 2.03. The molecule has 2 heterocycles. The first-order valence-electron chi connectivity index (χ1n) is 4.98. The van der Waals surface area contributed by atoms with Crippen molar-refractivity contribution in [2.75, 3.05) is 6.54 Å². The fourth-order valence-corrected chi connectivity index (χ4v) is 1.62. The zero-order valence-electron chi connectivity index (χ0n) is 8.68. The number of nitrogens with two attached hydrogens (primary N) is 1. The molecule has 5 heteroatoms. The monoisotopic (exact) mass is 206 g/mol. The molecule has 1 aliphatic heterocycles. The van der Waals surface area contributed by atoms with Crippen LogP contribution in [-0.2, 0) is 11.3 Å². The predicted molar refractivity (Wildman–Crippen MR) is 54.8 cm³/mol. The fraction of sp³-hybridized carbons (Fsp3) is 0.500. The number of amides is 1. The molecule has 1 aromatic heterocycles. The van der Waals surface area contributed by atoms with E-state index in [1.165, 1.54) is 0 Å². The van der Waals surface area contributed by atoms with E-state index in [4.69, 9.17) is 5.73 Å². The van der Waals surface area contributed by atoms with E-state index in [2.05, 4.69) is 9.97 Å². The Kier molecular flexibility index (Phi) is 2.64. The molecule has 1 unspecified atom stereocenters. The van der Waals surface area contributed by atoms with Crippen molar-refractivity contribution in [3.63, 3.8) is 0 Å². The summed E-state index contributed by atoms with van der Waals surface area (Å²) in [6.45, 7) is 3.11. The Hall–Kier alpha value is -1.49. The number of hydrogen-bond donors (Lipinski definition) is 1. The van der Waals surface area contributed by atoms with Crippen molar-refractivity contribution >= 4 is 5.91 Å². The van der Waals surface area contributed by atoms with Crippen molar-refractivity contribution in [2.24, 2.45) is 5.73 Å². The number of likely N-dealkylation sites (tertiary alicyclic amines) is 1. The van der Waals surface area contributed by atoms with E-state index in [0.29, 0.717) is 6.54 Å². The average Bonchev–Trinajstić information content (AvgIpc) is 2.53. The lowest BCUT2D eigenvalue weighted by molar-refractivity contribution is -0.129. The molecule has 1 aromatic rings. The summed E-state index contributed by atoms with van der Waals surface area (Å²) in [6, 6.07) is -0.330. The normalized spacial score (nSPS) is 21.1. The van der Waals surface area contributed by atoms with Crippen molar-refractivity contribution in [3.8, 4) is 0 Å². The lowest BCUT2D eigenvalue weighted by atomic mass is 10.3. The molecular weight excluding hydrogens is 192 g/mol. The Morgan fingerprint density at radius 2 is 2.33 bits per heavy atom. The van der Waals surface area contributed by atoms with Gasteiger partial charge >= 0.3 is 0 Å². The van der Waals surface area contributed by atoms with E-state index in [1.54, 1.807) is 17.3 Å². The second kappa shape index (κ2) is 3.94. The highest BCUT2D eigenvalue weighted by molar-refractivity contribution is 5.83. The van der Waals surface area contributed by atoms with Gasteiger partial charge in [0.05, 0.1) is 30.2 Å². The summed E-state index contributed by atoms with van der Waals surface area (Å²) in [7, 11) is 0. The standard InChI is InChI=1S/C10H14N4O/c1-7-4-13-8(5-12-7)6-14-3-2-9(11)10(14)15/h4-5,9H,2-3,6,11H2,1H3. The molecule has 1 saturated heterocycles. The van der Waals surface area contributed by atoms with Crippen LogP contribution in [0, 0.1) is 6.92 Å². The third kappa shape index (κ3) is 2.12. The number of hydrogen-bond acceptors (Lipinski definition) is 4. The minimum atomic E-state index is -0.330. The first-order chi connectivity index (χ1) is 7.16. The highest BCUT2D eigenvalue weighted by Gasteiger charge is 2.28. The van der Waals surface area contributed by atoms with Crippen molar-refractivity contribution in [2.45, 2.75) is 25.9 Å². The van der Waals surface area contributed by atoms with E-state index in [1.807, 2.05) is 6.92 Å². The van der Waals surface area contributed by atoms with E-state index in [-0.39, 0.29) is 11.9 Å². The summed E-state index contributed by atoms with van der Waals surface area (Å²) in [4.78, 5) is 21.6. The van der Waals surface area contributed by atoms with Gasteiger partial charge in [-0.25, -0.2) is 0 Å². The second-order valence-corrected chi connectivity index (χ2v) is 3.80. The van der Waals surface area contributed by atoms with Gasteiger partial charge in [-0.1, -0.05) is 0 Å². The number of rotatable bonds is 2. The van der Waals surface area contributed by atoms with Crippen LogP contribution in [0.25, 0.3) is 0 Å². The number of nitrogens with zero attached hydrogens (tertiary/aromatic N) is 3. The van der Waals surface area contributed by atoms with E-state index in [0.717, 1.165) is 24.4 Å². The highest BCUT2D eigenvalue weighted by atomic mass is 16.2. The average molecular weight is 206 g/mol. The molecule has 15 heavy (non-hydrogen) atoms. The van der Waals surface area contributed by atoms with Gasteiger partial charge in [0.25, 0.3) is 0 Å². The van der Waals surface area contributed by atoms with Crippen LogP contribution in [0.2, 0.25) is 0 Å². The molecular formula is C10H14N4O. The Bertz CT molecular complexity index is 362. The quantitative estimate of drug-likeness (QED) is 0.730. The number of carbonyl (C=O) groups excluding carboxylic acids is 1. The minimum absolute atomic E-state index is 0.0115. The fourth-order valence-electron chi connectivity index (χ4n) is 1.62. The smallest absolute Gasteiger partial charge is 0.239 e. The topological polar surface area (TPSA) is 72.1 Å². The molecule has 1 atom stereocenters. The van der Waals surface area contributed by atoms with Crippen LogP contribution in [0.4, 0.5) is 0 Å². The van der Waals surface area contributed by atoms with Crippen LogP contribution >= 0.6 is 0 Å². The van der Waals surface area contributed by atoms with Gasteiger partial charge in [-0.05, 0) is 13.3 Å². The molecule has 5 nitrogen and oxygen atoms in total. The van der Waals surface area contributed by atoms with Gasteiger partial charge in [0, 0.05) is 12.7 Å². The summed E-state index contributed by atoms with van der Waals surface area (Å²) in [6.07, 6.45) is 4.14. The summed E-state index contributed by atoms with van der Waals surface area (Å²) in [5.41, 5.74) is 7.31. The lowest BCUT2D eigenvalue weighted by Crippen LogP contribution is -2.33. The van der Waals surface area contributed by atoms with Gasteiger partial charge in [0.15, 0.2) is 0 Å². The first kappa shape index (κ1) is 10.0. The summed E-state index contributed by atoms with van der Waals surface area (Å²) >= 11 is 0. The van der Waals surface area contributed by atoms with E-state index >= 15 is 0 Å². The zero-order valence-corrected chi connectivity index (χ0v) is 8.68. The predicted octanol–water partition coefficient (Wildman–Crippen LogP) is -0.155. The molecule has 0 aromatic carbocycles. The van der Waals surface area contributed by atoms with Crippen molar-refractivity contribution < 1.29 is 4.79 Å². The maximum atomic E-state index is 11.5. The summed E-state index contributed by atoms with van der Waals surface area (Å²) in [5, 5.41) is 0. The molecule has 0 radical (unpaired) electrons. The van der Waals surface area contributed by atoms with Gasteiger partial charge in [-0.15, -0.1) is 0 Å². The van der Waals surface area contributed by atoms with Crippen LogP contribution in [0.15, 0.2) is 12.4 Å². The van der Waals surface area contributed by atoms with Crippen molar-refractivity contribution in [1.29, 1.82) is 0 Å². The Morgan fingerprint density at radius 3 is 2.87 bits per heavy atom. The molecule has 0 bridgehead atoms. The van der Waals surface area contributed by atoms with Gasteiger partial charge in [0.2, 0.25) is 5.91 Å². The van der Waals surface area contributed by atoms with Crippen LogP contribution in [-0.4, -0.2) is 33.4 Å². The van der Waals surface area contributed by atoms with Crippen molar-refractivity contribution in [1.82, 2.24) is 14.9 Å². The molecule has 1 amide bonds. The van der Waals surface area contributed by atoms with Crippen LogP contribution in [0.1, 0.15) is 17.8 Å². The second-order valence-electron chi connectivity index (χ2n) is 3.80. The highest BCUT2D eigenvalue weighted by Crippen LogP contribution is 2.11.